The molecule has 1 saturated heterocycles. The number of pyridine rings is 1. The number of carbonyl (C=O) groups excluding carboxylic acids is 1. The molecule has 4 aromatic rings. The second-order valence-corrected chi connectivity index (χ2v) is 8.01. The molecule has 0 spiro atoms. The van der Waals surface area contributed by atoms with Gasteiger partial charge in [0.2, 0.25) is 0 Å². The highest BCUT2D eigenvalue weighted by Crippen LogP contribution is 2.29. The van der Waals surface area contributed by atoms with Gasteiger partial charge in [0.1, 0.15) is 11.3 Å². The number of nitrogens with zero attached hydrogens (tertiary/aromatic N) is 4. The number of hydrogen-bond acceptors (Lipinski definition) is 3. The summed E-state index contributed by atoms with van der Waals surface area (Å²) in [4.78, 5) is 23.0. The highest BCUT2D eigenvalue weighted by Gasteiger charge is 2.27. The van der Waals surface area contributed by atoms with E-state index in [1.165, 1.54) is 11.1 Å². The van der Waals surface area contributed by atoms with E-state index in [-0.39, 0.29) is 6.03 Å². The molecule has 1 N–H and O–H groups in total. The molecule has 0 radical (unpaired) electrons. The maximum atomic E-state index is 12.0. The highest BCUT2D eigenvalue weighted by molar-refractivity contribution is 5.80. The number of likely N-dealkylation sites (tertiary alicyclic amines) is 1. The minimum Gasteiger partial charge on any atom is -0.341 e. The Balaban J connectivity index is 1.47. The van der Waals surface area contributed by atoms with Crippen molar-refractivity contribution in [1.82, 2.24) is 24.8 Å². The van der Waals surface area contributed by atoms with Crippen molar-refractivity contribution in [3.8, 4) is 22.5 Å². The Bertz CT molecular complexity index is 1200. The Hall–Kier alpha value is -3.67. The number of amides is 2. The van der Waals surface area contributed by atoms with Crippen LogP contribution in [0.2, 0.25) is 0 Å². The van der Waals surface area contributed by atoms with Gasteiger partial charge < -0.3 is 14.8 Å². The summed E-state index contributed by atoms with van der Waals surface area (Å²) >= 11 is 0. The van der Waals surface area contributed by atoms with Gasteiger partial charge in [0.15, 0.2) is 0 Å². The number of hydrogen-bond donors (Lipinski definition) is 1. The summed E-state index contributed by atoms with van der Waals surface area (Å²) in [5.74, 6) is 1.34. The van der Waals surface area contributed by atoms with Crippen molar-refractivity contribution in [3.05, 3.63) is 73.1 Å². The van der Waals surface area contributed by atoms with Crippen LogP contribution < -0.4 is 5.32 Å². The van der Waals surface area contributed by atoms with Crippen LogP contribution in [0.1, 0.15) is 6.42 Å². The van der Waals surface area contributed by atoms with Crippen molar-refractivity contribution in [1.29, 1.82) is 0 Å². The minimum absolute atomic E-state index is 0.00101. The van der Waals surface area contributed by atoms with Crippen LogP contribution in [0, 0.1) is 5.92 Å². The Morgan fingerprint density at radius 2 is 1.77 bits per heavy atom. The van der Waals surface area contributed by atoms with Gasteiger partial charge in [-0.25, -0.2) is 9.78 Å². The summed E-state index contributed by atoms with van der Waals surface area (Å²) in [7, 11) is 1.68. The molecule has 6 heteroatoms. The fourth-order valence-electron chi connectivity index (χ4n) is 4.41. The fourth-order valence-corrected chi connectivity index (χ4v) is 4.41. The van der Waals surface area contributed by atoms with E-state index in [1.807, 2.05) is 29.4 Å². The lowest BCUT2D eigenvalue weighted by Gasteiger charge is -2.17. The van der Waals surface area contributed by atoms with E-state index in [1.54, 1.807) is 7.05 Å². The van der Waals surface area contributed by atoms with Gasteiger partial charge in [0, 0.05) is 38.4 Å². The summed E-state index contributed by atoms with van der Waals surface area (Å²) in [5, 5.41) is 2.73. The van der Waals surface area contributed by atoms with E-state index in [0.717, 1.165) is 48.5 Å². The van der Waals surface area contributed by atoms with Crippen LogP contribution in [0.4, 0.5) is 4.79 Å². The predicted molar refractivity (Wildman–Crippen MR) is 123 cm³/mol. The third kappa shape index (κ3) is 3.77. The third-order valence-corrected chi connectivity index (χ3v) is 6.03. The van der Waals surface area contributed by atoms with Crippen LogP contribution in [0.5, 0.6) is 0 Å². The van der Waals surface area contributed by atoms with Crippen molar-refractivity contribution >= 4 is 17.1 Å². The number of aromatic nitrogens is 3. The molecule has 1 unspecified atom stereocenters. The van der Waals surface area contributed by atoms with E-state index in [0.29, 0.717) is 5.92 Å². The zero-order chi connectivity index (χ0) is 21.2. The lowest BCUT2D eigenvalue weighted by Crippen LogP contribution is -2.36. The first-order chi connectivity index (χ1) is 15.2. The van der Waals surface area contributed by atoms with E-state index in [4.69, 9.17) is 4.98 Å². The van der Waals surface area contributed by atoms with E-state index in [9.17, 15) is 4.79 Å². The molecule has 156 valence electrons. The largest absolute Gasteiger partial charge is 0.341 e. The molecule has 1 fully saturated rings. The van der Waals surface area contributed by atoms with Crippen LogP contribution in [0.3, 0.4) is 0 Å². The molecule has 5 rings (SSSR count). The molecule has 2 aromatic carbocycles. The molecule has 1 aliphatic heterocycles. The van der Waals surface area contributed by atoms with Crippen molar-refractivity contribution in [2.24, 2.45) is 5.92 Å². The molecular weight excluding hydrogens is 386 g/mol. The monoisotopic (exact) mass is 411 g/mol. The lowest BCUT2D eigenvalue weighted by atomic mass is 10.0. The van der Waals surface area contributed by atoms with Crippen molar-refractivity contribution in [2.45, 2.75) is 13.0 Å². The Morgan fingerprint density at radius 1 is 1.03 bits per heavy atom. The fraction of sp³-hybridized carbons (Fsp3) is 0.240. The number of benzene rings is 2. The maximum absolute atomic E-state index is 12.0. The van der Waals surface area contributed by atoms with Crippen molar-refractivity contribution < 1.29 is 4.79 Å². The van der Waals surface area contributed by atoms with Crippen LogP contribution in [-0.2, 0) is 6.54 Å². The topological polar surface area (TPSA) is 63.1 Å². The van der Waals surface area contributed by atoms with Gasteiger partial charge in [-0.3, -0.25) is 4.98 Å². The van der Waals surface area contributed by atoms with Crippen LogP contribution in [0.25, 0.3) is 33.5 Å². The average molecular weight is 412 g/mol. The predicted octanol–water partition coefficient (Wildman–Crippen LogP) is 4.43. The number of fused-ring (bicyclic) bond motifs is 1. The Morgan fingerprint density at radius 3 is 2.55 bits per heavy atom. The molecule has 2 aromatic heterocycles. The smallest absolute Gasteiger partial charge is 0.317 e. The average Bonchev–Trinajstić information content (AvgIpc) is 3.45. The maximum Gasteiger partial charge on any atom is 0.317 e. The Labute approximate surface area is 181 Å². The second kappa shape index (κ2) is 8.22. The number of carbonyl (C=O) groups is 1. The quantitative estimate of drug-likeness (QED) is 0.540. The van der Waals surface area contributed by atoms with Crippen molar-refractivity contribution in [2.75, 3.05) is 20.1 Å². The number of rotatable bonds is 4. The summed E-state index contributed by atoms with van der Waals surface area (Å²) in [6.45, 7) is 2.38. The second-order valence-electron chi connectivity index (χ2n) is 8.01. The SMILES string of the molecule is CNC(=O)N1CCC(Cn2c(-c3ccc(-c4ccccc4)cc3)nc3cnccc32)C1. The molecule has 0 saturated carbocycles. The molecule has 31 heavy (non-hydrogen) atoms. The van der Waals surface area contributed by atoms with Crippen LogP contribution in [-0.4, -0.2) is 45.6 Å². The molecule has 1 aliphatic rings. The Kier molecular flexibility index (Phi) is 5.12. The van der Waals surface area contributed by atoms with Gasteiger partial charge in [-0.15, -0.1) is 0 Å². The molecule has 0 bridgehead atoms. The molecule has 6 nitrogen and oxygen atoms in total. The van der Waals surface area contributed by atoms with E-state index < -0.39 is 0 Å². The van der Waals surface area contributed by atoms with Gasteiger partial charge in [-0.2, -0.15) is 0 Å². The normalized spacial score (nSPS) is 16.0. The van der Waals surface area contributed by atoms with E-state index in [2.05, 4.69) is 63.4 Å². The number of imidazole rings is 1. The van der Waals surface area contributed by atoms with Gasteiger partial charge in [-0.1, -0.05) is 54.6 Å². The molecule has 1 atom stereocenters. The molecule has 2 amide bonds. The summed E-state index contributed by atoms with van der Waals surface area (Å²) in [6, 6.07) is 21.0. The first-order valence-corrected chi connectivity index (χ1v) is 10.7. The standard InChI is InChI=1S/C25H25N5O/c1-26-25(31)29-14-12-18(16-29)17-30-23-11-13-27-15-22(23)28-24(30)21-9-7-20(8-10-21)19-5-3-2-4-6-19/h2-11,13,15,18H,12,14,16-17H2,1H3,(H,26,31). The first kappa shape index (κ1) is 19.3. The lowest BCUT2D eigenvalue weighted by molar-refractivity contribution is 0.209. The number of urea groups is 1. The van der Waals surface area contributed by atoms with Crippen molar-refractivity contribution in [3.63, 3.8) is 0 Å². The number of nitrogens with one attached hydrogen (secondary N) is 1. The summed E-state index contributed by atoms with van der Waals surface area (Å²) < 4.78 is 2.28. The van der Waals surface area contributed by atoms with Gasteiger partial charge in [0.25, 0.3) is 0 Å². The molecule has 0 aliphatic carbocycles. The van der Waals surface area contributed by atoms with Gasteiger partial charge in [-0.05, 0) is 29.5 Å². The van der Waals surface area contributed by atoms with E-state index >= 15 is 0 Å². The highest BCUT2D eigenvalue weighted by atomic mass is 16.2. The van der Waals surface area contributed by atoms with Crippen LogP contribution in [0.15, 0.2) is 73.1 Å². The summed E-state index contributed by atoms with van der Waals surface area (Å²) in [5.41, 5.74) is 5.44. The van der Waals surface area contributed by atoms with Gasteiger partial charge in [0.05, 0.1) is 11.7 Å². The third-order valence-electron chi connectivity index (χ3n) is 6.03. The first-order valence-electron chi connectivity index (χ1n) is 10.7. The molecule has 3 heterocycles. The van der Waals surface area contributed by atoms with Crippen LogP contribution >= 0.6 is 0 Å². The zero-order valence-electron chi connectivity index (χ0n) is 17.5. The summed E-state index contributed by atoms with van der Waals surface area (Å²) in [6.07, 6.45) is 4.62. The molecular formula is C25H25N5O. The zero-order valence-corrected chi connectivity index (χ0v) is 17.5. The van der Waals surface area contributed by atoms with Gasteiger partial charge >= 0.3 is 6.03 Å². The minimum atomic E-state index is -0.00101.